The van der Waals surface area contributed by atoms with Gasteiger partial charge in [-0.1, -0.05) is 0 Å². The normalized spacial score (nSPS) is 12.1. The van der Waals surface area contributed by atoms with Gasteiger partial charge in [-0.05, 0) is 31.2 Å². The second-order valence-electron chi connectivity index (χ2n) is 4.38. The minimum absolute atomic E-state index is 0.123. The van der Waals surface area contributed by atoms with Crippen LogP contribution in [0.25, 0.3) is 0 Å². The van der Waals surface area contributed by atoms with Crippen molar-refractivity contribution in [1.29, 1.82) is 0 Å². The monoisotopic (exact) mass is 260 g/mol. The van der Waals surface area contributed by atoms with Crippen molar-refractivity contribution >= 4 is 17.3 Å². The molecule has 0 aliphatic rings. The molecular weight excluding hydrogens is 244 g/mol. The second kappa shape index (κ2) is 5.43. The van der Waals surface area contributed by atoms with Crippen LogP contribution in [0.15, 0.2) is 36.7 Å². The van der Waals surface area contributed by atoms with Crippen LogP contribution in [0.3, 0.4) is 0 Å². The van der Waals surface area contributed by atoms with E-state index in [0.717, 1.165) is 5.69 Å². The molecule has 1 atom stereocenters. The van der Waals surface area contributed by atoms with Crippen molar-refractivity contribution in [3.8, 4) is 0 Å². The van der Waals surface area contributed by atoms with Gasteiger partial charge in [0.15, 0.2) is 0 Å². The Balaban J connectivity index is 2.04. The van der Waals surface area contributed by atoms with Crippen LogP contribution >= 0.6 is 0 Å². The average Bonchev–Trinajstić information content (AvgIpc) is 2.84. The van der Waals surface area contributed by atoms with E-state index in [4.69, 9.17) is 10.8 Å². The van der Waals surface area contributed by atoms with Crippen LogP contribution in [-0.4, -0.2) is 26.9 Å². The molecule has 0 saturated carbocycles. The van der Waals surface area contributed by atoms with Crippen LogP contribution in [0.4, 0.5) is 11.4 Å². The van der Waals surface area contributed by atoms with E-state index in [1.54, 1.807) is 12.3 Å². The number of carbonyl (C=O) groups is 1. The summed E-state index contributed by atoms with van der Waals surface area (Å²) in [5, 5.41) is 16.2. The van der Waals surface area contributed by atoms with E-state index < -0.39 is 5.97 Å². The predicted molar refractivity (Wildman–Crippen MR) is 73.1 cm³/mol. The molecule has 2 aromatic rings. The molecule has 0 spiro atoms. The fourth-order valence-corrected chi connectivity index (χ4v) is 1.83. The van der Waals surface area contributed by atoms with Gasteiger partial charge >= 0.3 is 5.97 Å². The molecule has 0 bridgehead atoms. The highest BCUT2D eigenvalue weighted by atomic mass is 16.4. The fraction of sp³-hybridized carbons (Fsp3) is 0.231. The Hall–Kier alpha value is -2.50. The van der Waals surface area contributed by atoms with E-state index in [1.807, 2.05) is 23.9 Å². The van der Waals surface area contributed by atoms with Gasteiger partial charge in [0.25, 0.3) is 0 Å². The van der Waals surface area contributed by atoms with Crippen LogP contribution in [0.5, 0.6) is 0 Å². The number of nitrogens with two attached hydrogens (primary N) is 1. The van der Waals surface area contributed by atoms with Gasteiger partial charge < -0.3 is 16.2 Å². The van der Waals surface area contributed by atoms with E-state index in [-0.39, 0.29) is 11.6 Å². The molecular formula is C13H16N4O2. The van der Waals surface area contributed by atoms with Gasteiger partial charge in [-0.3, -0.25) is 4.68 Å². The smallest absolute Gasteiger partial charge is 0.335 e. The lowest BCUT2D eigenvalue weighted by molar-refractivity contribution is 0.0697. The number of nitrogen functional groups attached to an aromatic ring is 1. The van der Waals surface area contributed by atoms with Crippen LogP contribution in [-0.2, 0) is 6.54 Å². The molecule has 100 valence electrons. The van der Waals surface area contributed by atoms with Gasteiger partial charge in [-0.25, -0.2) is 4.79 Å². The van der Waals surface area contributed by atoms with Gasteiger partial charge in [0, 0.05) is 18.4 Å². The number of nitrogens with one attached hydrogen (secondary N) is 1. The highest BCUT2D eigenvalue weighted by molar-refractivity contribution is 5.90. The largest absolute Gasteiger partial charge is 0.478 e. The Kier molecular flexibility index (Phi) is 3.70. The summed E-state index contributed by atoms with van der Waals surface area (Å²) in [4.78, 5) is 10.8. The molecule has 0 radical (unpaired) electrons. The molecule has 1 aromatic carbocycles. The highest BCUT2D eigenvalue weighted by Crippen LogP contribution is 2.21. The number of carboxylic acids is 1. The molecule has 0 saturated heterocycles. The molecule has 0 fully saturated rings. The van der Waals surface area contributed by atoms with Crippen LogP contribution in [0, 0.1) is 0 Å². The van der Waals surface area contributed by atoms with Gasteiger partial charge in [0.05, 0.1) is 23.5 Å². The number of anilines is 2. The Bertz CT molecular complexity index is 566. The maximum Gasteiger partial charge on any atom is 0.335 e. The molecule has 6 heteroatoms. The topological polar surface area (TPSA) is 93.2 Å². The SMILES string of the molecule is CC(Cn1cccn1)Nc1ccc(C(=O)O)cc1N. The Morgan fingerprint density at radius 3 is 2.95 bits per heavy atom. The standard InChI is InChI=1S/C13H16N4O2/c1-9(8-17-6-2-5-15-17)16-12-4-3-10(13(18)19)7-11(12)14/h2-7,9,16H,8,14H2,1H3,(H,18,19). The molecule has 0 aliphatic heterocycles. The molecule has 2 rings (SSSR count). The second-order valence-corrected chi connectivity index (χ2v) is 4.38. The zero-order valence-electron chi connectivity index (χ0n) is 10.6. The predicted octanol–water partition coefficient (Wildman–Crippen LogP) is 1.66. The molecule has 0 aliphatic carbocycles. The number of aromatic nitrogens is 2. The first kappa shape index (κ1) is 12.9. The molecule has 4 N–H and O–H groups in total. The van der Waals surface area contributed by atoms with Crippen molar-refractivity contribution in [2.24, 2.45) is 0 Å². The van der Waals surface area contributed by atoms with Gasteiger partial charge in [0.2, 0.25) is 0 Å². The van der Waals surface area contributed by atoms with Crippen molar-refractivity contribution in [2.45, 2.75) is 19.5 Å². The number of hydrogen-bond donors (Lipinski definition) is 3. The lowest BCUT2D eigenvalue weighted by atomic mass is 10.1. The molecule has 1 heterocycles. The summed E-state index contributed by atoms with van der Waals surface area (Å²) in [5.41, 5.74) is 7.17. The van der Waals surface area contributed by atoms with E-state index in [2.05, 4.69) is 10.4 Å². The summed E-state index contributed by atoms with van der Waals surface area (Å²) in [5.74, 6) is -0.983. The van der Waals surface area contributed by atoms with Gasteiger partial charge in [0.1, 0.15) is 0 Å². The first-order valence-corrected chi connectivity index (χ1v) is 5.93. The maximum atomic E-state index is 10.8. The van der Waals surface area contributed by atoms with Crippen molar-refractivity contribution in [2.75, 3.05) is 11.1 Å². The highest BCUT2D eigenvalue weighted by Gasteiger charge is 2.09. The Morgan fingerprint density at radius 1 is 1.58 bits per heavy atom. The zero-order chi connectivity index (χ0) is 13.8. The quantitative estimate of drug-likeness (QED) is 0.711. The first-order chi connectivity index (χ1) is 9.06. The lowest BCUT2D eigenvalue weighted by Gasteiger charge is -2.17. The van der Waals surface area contributed by atoms with Crippen molar-refractivity contribution in [3.63, 3.8) is 0 Å². The summed E-state index contributed by atoms with van der Waals surface area (Å²) in [7, 11) is 0. The van der Waals surface area contributed by atoms with Crippen molar-refractivity contribution < 1.29 is 9.90 Å². The molecule has 1 aromatic heterocycles. The van der Waals surface area contributed by atoms with Crippen molar-refractivity contribution in [1.82, 2.24) is 9.78 Å². The van der Waals surface area contributed by atoms with Crippen LogP contribution in [0.2, 0.25) is 0 Å². The summed E-state index contributed by atoms with van der Waals surface area (Å²) in [6, 6.07) is 6.64. The number of nitrogens with zero attached hydrogens (tertiary/aromatic N) is 2. The summed E-state index contributed by atoms with van der Waals surface area (Å²) >= 11 is 0. The third kappa shape index (κ3) is 3.25. The number of hydrogen-bond acceptors (Lipinski definition) is 4. The number of rotatable bonds is 5. The Morgan fingerprint density at radius 2 is 2.37 bits per heavy atom. The Labute approximate surface area is 110 Å². The van der Waals surface area contributed by atoms with Gasteiger partial charge in [-0.2, -0.15) is 5.10 Å². The minimum Gasteiger partial charge on any atom is -0.478 e. The third-order valence-corrected chi connectivity index (χ3v) is 2.72. The van der Waals surface area contributed by atoms with Crippen molar-refractivity contribution in [3.05, 3.63) is 42.2 Å². The van der Waals surface area contributed by atoms with E-state index in [1.165, 1.54) is 12.1 Å². The molecule has 0 amide bonds. The summed E-state index contributed by atoms with van der Waals surface area (Å²) < 4.78 is 1.82. The maximum absolute atomic E-state index is 10.8. The molecule has 19 heavy (non-hydrogen) atoms. The van der Waals surface area contributed by atoms with E-state index >= 15 is 0 Å². The van der Waals surface area contributed by atoms with Crippen LogP contribution in [0.1, 0.15) is 17.3 Å². The van der Waals surface area contributed by atoms with Gasteiger partial charge in [-0.15, -0.1) is 0 Å². The lowest BCUT2D eigenvalue weighted by Crippen LogP contribution is -2.22. The molecule has 1 unspecified atom stereocenters. The fourth-order valence-electron chi connectivity index (χ4n) is 1.83. The summed E-state index contributed by atoms with van der Waals surface area (Å²) in [6.45, 7) is 2.71. The number of aromatic carboxylic acids is 1. The van der Waals surface area contributed by atoms with E-state index in [9.17, 15) is 4.79 Å². The first-order valence-electron chi connectivity index (χ1n) is 5.93. The summed E-state index contributed by atoms with van der Waals surface area (Å²) in [6.07, 6.45) is 3.61. The molecule has 6 nitrogen and oxygen atoms in total. The van der Waals surface area contributed by atoms with Crippen LogP contribution < -0.4 is 11.1 Å². The zero-order valence-corrected chi connectivity index (χ0v) is 10.6. The number of benzene rings is 1. The number of carboxylic acid groups (broad SMARTS) is 1. The minimum atomic E-state index is -0.983. The third-order valence-electron chi connectivity index (χ3n) is 2.72. The van der Waals surface area contributed by atoms with E-state index in [0.29, 0.717) is 12.2 Å². The average molecular weight is 260 g/mol.